The number of anilines is 1. The van der Waals surface area contributed by atoms with Gasteiger partial charge in [0.25, 0.3) is 5.91 Å². The number of benzene rings is 2. The minimum absolute atomic E-state index is 0.0199. The molecule has 3 aromatic rings. The van der Waals surface area contributed by atoms with Crippen LogP contribution >= 0.6 is 23.1 Å². The van der Waals surface area contributed by atoms with Crippen molar-refractivity contribution in [3.8, 4) is 5.75 Å². The fraction of sp³-hybridized carbons (Fsp3) is 0.286. The molecule has 8 heteroatoms. The molecule has 2 unspecified atom stereocenters. The summed E-state index contributed by atoms with van der Waals surface area (Å²) in [6.07, 6.45) is 0.646. The molecule has 0 aliphatic heterocycles. The SMILES string of the molecule is COc1ccc(C(=O)NC(C)C(C)Nc2nc(Cc3ccc(Cl)cc3)ns2)cc1. The van der Waals surface area contributed by atoms with Crippen LogP contribution in [0.25, 0.3) is 0 Å². The summed E-state index contributed by atoms with van der Waals surface area (Å²) in [4.78, 5) is 17.0. The highest BCUT2D eigenvalue weighted by atomic mass is 35.5. The standard InChI is InChI=1S/C21H23ClN4O2S/c1-13(23-20(27)16-6-10-18(28-3)11-7-16)14(2)24-21-25-19(26-29-21)12-15-4-8-17(22)9-5-15/h4-11,13-14H,12H2,1-3H3,(H,23,27)(H,24,25,26). The molecular weight excluding hydrogens is 408 g/mol. The topological polar surface area (TPSA) is 76.1 Å². The molecule has 0 spiro atoms. The van der Waals surface area contributed by atoms with Gasteiger partial charge in [0, 0.05) is 40.6 Å². The van der Waals surface area contributed by atoms with Crippen LogP contribution in [0.4, 0.5) is 5.13 Å². The first kappa shape index (κ1) is 21.1. The van der Waals surface area contributed by atoms with Crippen molar-refractivity contribution in [2.45, 2.75) is 32.4 Å². The molecule has 0 radical (unpaired) electrons. The molecule has 2 atom stereocenters. The number of nitrogens with one attached hydrogen (secondary N) is 2. The summed E-state index contributed by atoms with van der Waals surface area (Å²) in [5.41, 5.74) is 1.69. The summed E-state index contributed by atoms with van der Waals surface area (Å²) in [5.74, 6) is 1.34. The zero-order valence-electron chi connectivity index (χ0n) is 16.5. The third kappa shape index (κ3) is 5.92. The number of amides is 1. The van der Waals surface area contributed by atoms with E-state index in [1.165, 1.54) is 11.5 Å². The number of halogens is 1. The lowest BCUT2D eigenvalue weighted by atomic mass is 10.1. The van der Waals surface area contributed by atoms with E-state index in [1.54, 1.807) is 31.4 Å². The second-order valence-corrected chi connectivity index (χ2v) is 7.93. The average Bonchev–Trinajstić information content (AvgIpc) is 3.16. The number of hydrogen-bond acceptors (Lipinski definition) is 6. The summed E-state index contributed by atoms with van der Waals surface area (Å²) in [6, 6.07) is 14.6. The molecule has 0 saturated carbocycles. The molecular formula is C21H23ClN4O2S. The number of aromatic nitrogens is 2. The lowest BCUT2D eigenvalue weighted by Crippen LogP contribution is -2.43. The molecule has 0 bridgehead atoms. The molecule has 3 rings (SSSR count). The van der Waals surface area contributed by atoms with Crippen LogP contribution in [0.5, 0.6) is 5.75 Å². The number of hydrogen-bond donors (Lipinski definition) is 2. The first-order valence-corrected chi connectivity index (χ1v) is 10.4. The Morgan fingerprint density at radius 2 is 1.79 bits per heavy atom. The molecule has 0 aliphatic rings. The fourth-order valence-corrected chi connectivity index (χ4v) is 3.45. The molecule has 1 heterocycles. The van der Waals surface area contributed by atoms with Crippen molar-refractivity contribution >= 4 is 34.2 Å². The van der Waals surface area contributed by atoms with Crippen LogP contribution < -0.4 is 15.4 Å². The summed E-state index contributed by atoms with van der Waals surface area (Å²) in [5, 5.41) is 7.77. The van der Waals surface area contributed by atoms with Gasteiger partial charge in [0.15, 0.2) is 0 Å². The number of rotatable bonds is 8. The Bertz CT molecular complexity index is 944. The van der Waals surface area contributed by atoms with Gasteiger partial charge >= 0.3 is 0 Å². The Hall–Kier alpha value is -2.64. The molecule has 0 saturated heterocycles. The van der Waals surface area contributed by atoms with Gasteiger partial charge < -0.3 is 15.4 Å². The molecule has 0 aliphatic carbocycles. The zero-order valence-corrected chi connectivity index (χ0v) is 18.1. The Kier molecular flexibility index (Phi) is 7.06. The van der Waals surface area contributed by atoms with Crippen molar-refractivity contribution in [1.29, 1.82) is 0 Å². The number of nitrogens with zero attached hydrogens (tertiary/aromatic N) is 2. The maximum Gasteiger partial charge on any atom is 0.251 e. The summed E-state index contributed by atoms with van der Waals surface area (Å²) in [7, 11) is 1.60. The van der Waals surface area contributed by atoms with Crippen molar-refractivity contribution in [2.24, 2.45) is 0 Å². The smallest absolute Gasteiger partial charge is 0.251 e. The Labute approximate surface area is 179 Å². The van der Waals surface area contributed by atoms with Gasteiger partial charge in [0.1, 0.15) is 11.6 Å². The van der Waals surface area contributed by atoms with Crippen LogP contribution in [-0.2, 0) is 6.42 Å². The van der Waals surface area contributed by atoms with E-state index >= 15 is 0 Å². The largest absolute Gasteiger partial charge is 0.497 e. The molecule has 1 amide bonds. The Balaban J connectivity index is 1.53. The van der Waals surface area contributed by atoms with Crippen LogP contribution in [0.2, 0.25) is 5.02 Å². The Morgan fingerprint density at radius 1 is 1.10 bits per heavy atom. The highest BCUT2D eigenvalue weighted by Gasteiger charge is 2.17. The highest BCUT2D eigenvalue weighted by molar-refractivity contribution is 7.09. The normalized spacial score (nSPS) is 12.8. The third-order valence-corrected chi connectivity index (χ3v) is 5.49. The van der Waals surface area contributed by atoms with E-state index in [0.717, 1.165) is 22.3 Å². The van der Waals surface area contributed by atoms with Gasteiger partial charge in [-0.25, -0.2) is 4.98 Å². The molecule has 1 aromatic heterocycles. The maximum absolute atomic E-state index is 12.4. The molecule has 2 N–H and O–H groups in total. The van der Waals surface area contributed by atoms with Crippen LogP contribution in [0.15, 0.2) is 48.5 Å². The van der Waals surface area contributed by atoms with E-state index < -0.39 is 0 Å². The first-order chi connectivity index (χ1) is 13.9. The summed E-state index contributed by atoms with van der Waals surface area (Å²) >= 11 is 7.23. The second-order valence-electron chi connectivity index (χ2n) is 6.74. The Morgan fingerprint density at radius 3 is 2.45 bits per heavy atom. The van der Waals surface area contributed by atoms with E-state index in [9.17, 15) is 4.79 Å². The van der Waals surface area contributed by atoms with Gasteiger partial charge in [0.05, 0.1) is 7.11 Å². The molecule has 0 fully saturated rings. The minimum atomic E-state index is -0.130. The predicted octanol–water partition coefficient (Wildman–Crippen LogP) is 4.41. The van der Waals surface area contributed by atoms with Crippen molar-refractivity contribution in [1.82, 2.24) is 14.7 Å². The molecule has 152 valence electrons. The van der Waals surface area contributed by atoms with Crippen LogP contribution in [0.3, 0.4) is 0 Å². The number of ether oxygens (including phenoxy) is 1. The highest BCUT2D eigenvalue weighted by Crippen LogP contribution is 2.17. The molecule has 29 heavy (non-hydrogen) atoms. The average molecular weight is 431 g/mol. The van der Waals surface area contributed by atoms with Crippen LogP contribution in [0.1, 0.15) is 35.6 Å². The predicted molar refractivity (Wildman–Crippen MR) is 117 cm³/mol. The second kappa shape index (κ2) is 9.71. The van der Waals surface area contributed by atoms with Gasteiger partial charge in [-0.3, -0.25) is 4.79 Å². The monoisotopic (exact) mass is 430 g/mol. The van der Waals surface area contributed by atoms with E-state index in [2.05, 4.69) is 20.0 Å². The van der Waals surface area contributed by atoms with Crippen molar-refractivity contribution in [2.75, 3.05) is 12.4 Å². The summed E-state index contributed by atoms with van der Waals surface area (Å²) in [6.45, 7) is 3.95. The fourth-order valence-electron chi connectivity index (χ4n) is 2.65. The van der Waals surface area contributed by atoms with E-state index in [-0.39, 0.29) is 18.0 Å². The van der Waals surface area contributed by atoms with Crippen LogP contribution in [0, 0.1) is 0 Å². The van der Waals surface area contributed by atoms with E-state index in [1.807, 2.05) is 38.1 Å². The van der Waals surface area contributed by atoms with Gasteiger partial charge in [-0.15, -0.1) is 0 Å². The quantitative estimate of drug-likeness (QED) is 0.553. The van der Waals surface area contributed by atoms with Crippen molar-refractivity contribution in [3.05, 3.63) is 70.5 Å². The van der Waals surface area contributed by atoms with E-state index in [4.69, 9.17) is 16.3 Å². The summed E-state index contributed by atoms with van der Waals surface area (Å²) < 4.78 is 9.53. The first-order valence-electron chi connectivity index (χ1n) is 9.23. The van der Waals surface area contributed by atoms with E-state index in [0.29, 0.717) is 17.0 Å². The molecule has 6 nitrogen and oxygen atoms in total. The van der Waals surface area contributed by atoms with Gasteiger partial charge in [-0.1, -0.05) is 23.7 Å². The van der Waals surface area contributed by atoms with Crippen LogP contribution in [-0.4, -0.2) is 34.5 Å². The lowest BCUT2D eigenvalue weighted by Gasteiger charge is -2.22. The minimum Gasteiger partial charge on any atom is -0.497 e. The van der Waals surface area contributed by atoms with Crippen molar-refractivity contribution < 1.29 is 9.53 Å². The number of carbonyl (C=O) groups is 1. The van der Waals surface area contributed by atoms with Crippen molar-refractivity contribution in [3.63, 3.8) is 0 Å². The van der Waals surface area contributed by atoms with Gasteiger partial charge in [-0.05, 0) is 55.8 Å². The zero-order chi connectivity index (χ0) is 20.8. The lowest BCUT2D eigenvalue weighted by molar-refractivity contribution is 0.0937. The van der Waals surface area contributed by atoms with Gasteiger partial charge in [0.2, 0.25) is 5.13 Å². The number of methoxy groups -OCH3 is 1. The third-order valence-electron chi connectivity index (χ3n) is 4.56. The molecule has 2 aromatic carbocycles. The van der Waals surface area contributed by atoms with Gasteiger partial charge in [-0.2, -0.15) is 4.37 Å². The maximum atomic E-state index is 12.4. The number of carbonyl (C=O) groups excluding carboxylic acids is 1.